The Kier molecular flexibility index (Phi) is 3.86. The summed E-state index contributed by atoms with van der Waals surface area (Å²) in [5.74, 6) is -0.606. The van der Waals surface area contributed by atoms with Crippen molar-refractivity contribution < 1.29 is 14.7 Å². The number of hydrogen-bond acceptors (Lipinski definition) is 2. The molecule has 0 bridgehead atoms. The maximum absolute atomic E-state index is 10.8. The van der Waals surface area contributed by atoms with Crippen LogP contribution in [-0.4, -0.2) is 17.4 Å². The van der Waals surface area contributed by atoms with E-state index in [1.54, 1.807) is 0 Å². The number of aldehydes is 1. The lowest BCUT2D eigenvalue weighted by atomic mass is 9.77. The average Bonchev–Trinajstić information content (AvgIpc) is 2.17. The fourth-order valence-electron chi connectivity index (χ4n) is 1.93. The van der Waals surface area contributed by atoms with Crippen LogP contribution < -0.4 is 0 Å². The smallest absolute Gasteiger partial charge is 0.303 e. The second-order valence-electron chi connectivity index (χ2n) is 3.85. The molecule has 0 spiro atoms. The van der Waals surface area contributed by atoms with Crippen LogP contribution >= 0.6 is 0 Å². The van der Waals surface area contributed by atoms with Crippen LogP contribution in [0.1, 0.15) is 26.2 Å². The molecule has 0 aromatic carbocycles. The molecule has 0 aliphatic heterocycles. The first-order valence-corrected chi connectivity index (χ1v) is 5.02. The molecule has 3 nitrogen and oxygen atoms in total. The molecule has 1 aliphatic rings. The van der Waals surface area contributed by atoms with Crippen molar-refractivity contribution in [2.75, 3.05) is 0 Å². The monoisotopic (exact) mass is 196 g/mol. The van der Waals surface area contributed by atoms with Gasteiger partial charge in [-0.3, -0.25) is 4.79 Å². The highest BCUT2D eigenvalue weighted by molar-refractivity contribution is 5.68. The first-order valence-electron chi connectivity index (χ1n) is 5.02. The number of carboxylic acids is 1. The van der Waals surface area contributed by atoms with Gasteiger partial charge < -0.3 is 9.90 Å². The van der Waals surface area contributed by atoms with E-state index in [9.17, 15) is 9.59 Å². The van der Waals surface area contributed by atoms with Gasteiger partial charge in [0.25, 0.3) is 0 Å². The van der Waals surface area contributed by atoms with Crippen LogP contribution in [0.25, 0.3) is 0 Å². The van der Waals surface area contributed by atoms with Crippen molar-refractivity contribution in [2.45, 2.75) is 26.2 Å². The number of carbonyl (C=O) groups is 2. The van der Waals surface area contributed by atoms with Gasteiger partial charge in [0, 0.05) is 5.92 Å². The van der Waals surface area contributed by atoms with Gasteiger partial charge in [0.2, 0.25) is 0 Å². The normalized spacial score (nSPS) is 31.4. The summed E-state index contributed by atoms with van der Waals surface area (Å²) in [5.41, 5.74) is 0. The lowest BCUT2D eigenvalue weighted by Crippen LogP contribution is -2.23. The van der Waals surface area contributed by atoms with Crippen molar-refractivity contribution in [3.05, 3.63) is 12.2 Å². The van der Waals surface area contributed by atoms with Crippen molar-refractivity contribution >= 4 is 12.3 Å². The number of aliphatic carboxylic acids is 1. The summed E-state index contributed by atoms with van der Waals surface area (Å²) >= 11 is 0. The van der Waals surface area contributed by atoms with E-state index in [0.717, 1.165) is 19.1 Å². The summed E-state index contributed by atoms with van der Waals surface area (Å²) in [6.45, 7) is 2.08. The number of hydrogen-bond donors (Lipinski definition) is 1. The third-order valence-electron chi connectivity index (χ3n) is 2.86. The standard InChI is InChI=1S/C11H16O3/c1-2-8-3-4-9(6-11(13)14)10(5-8)7-12/h3-4,7-10H,2,5-6H2,1H3,(H,13,14)/t8-,9-,10-/m1/s1. The van der Waals surface area contributed by atoms with Gasteiger partial charge in [0.15, 0.2) is 0 Å². The predicted molar refractivity (Wildman–Crippen MR) is 52.8 cm³/mol. The van der Waals surface area contributed by atoms with Crippen LogP contribution in [-0.2, 0) is 9.59 Å². The molecule has 0 amide bonds. The van der Waals surface area contributed by atoms with E-state index in [4.69, 9.17) is 5.11 Å². The highest BCUT2D eigenvalue weighted by atomic mass is 16.4. The number of carboxylic acid groups (broad SMARTS) is 1. The first-order chi connectivity index (χ1) is 6.67. The molecule has 0 saturated carbocycles. The maximum Gasteiger partial charge on any atom is 0.303 e. The van der Waals surface area contributed by atoms with Crippen LogP contribution in [0.3, 0.4) is 0 Å². The zero-order valence-corrected chi connectivity index (χ0v) is 8.35. The maximum atomic E-state index is 10.8. The zero-order valence-electron chi connectivity index (χ0n) is 8.35. The van der Waals surface area contributed by atoms with E-state index < -0.39 is 5.97 Å². The van der Waals surface area contributed by atoms with E-state index in [0.29, 0.717) is 5.92 Å². The van der Waals surface area contributed by atoms with Gasteiger partial charge in [-0.05, 0) is 24.7 Å². The molecule has 0 radical (unpaired) electrons. The summed E-state index contributed by atoms with van der Waals surface area (Å²) in [7, 11) is 0. The van der Waals surface area contributed by atoms with Crippen molar-refractivity contribution in [3.63, 3.8) is 0 Å². The van der Waals surface area contributed by atoms with Crippen LogP contribution in [0, 0.1) is 17.8 Å². The minimum absolute atomic E-state index is 0.0658. The van der Waals surface area contributed by atoms with Gasteiger partial charge in [-0.1, -0.05) is 19.1 Å². The molecule has 3 atom stereocenters. The van der Waals surface area contributed by atoms with Gasteiger partial charge in [0.1, 0.15) is 6.29 Å². The summed E-state index contributed by atoms with van der Waals surface area (Å²) in [5, 5.41) is 8.65. The van der Waals surface area contributed by atoms with Crippen molar-refractivity contribution in [3.8, 4) is 0 Å². The van der Waals surface area contributed by atoms with Gasteiger partial charge >= 0.3 is 5.97 Å². The summed E-state index contributed by atoms with van der Waals surface area (Å²) < 4.78 is 0. The fraction of sp³-hybridized carbons (Fsp3) is 0.636. The second-order valence-corrected chi connectivity index (χ2v) is 3.85. The third-order valence-corrected chi connectivity index (χ3v) is 2.86. The summed E-state index contributed by atoms with van der Waals surface area (Å²) in [6.07, 6.45) is 6.73. The molecular weight excluding hydrogens is 180 g/mol. The molecule has 0 unspecified atom stereocenters. The molecule has 0 aromatic rings. The number of allylic oxidation sites excluding steroid dienone is 2. The molecule has 3 heteroatoms. The van der Waals surface area contributed by atoms with Crippen LogP contribution in [0.4, 0.5) is 0 Å². The van der Waals surface area contributed by atoms with E-state index in [1.807, 2.05) is 12.2 Å². The molecule has 1 aliphatic carbocycles. The van der Waals surface area contributed by atoms with Crippen molar-refractivity contribution in [1.82, 2.24) is 0 Å². The van der Waals surface area contributed by atoms with Gasteiger partial charge in [-0.25, -0.2) is 0 Å². The summed E-state index contributed by atoms with van der Waals surface area (Å²) in [4.78, 5) is 21.3. The van der Waals surface area contributed by atoms with Gasteiger partial charge in [-0.2, -0.15) is 0 Å². The summed E-state index contributed by atoms with van der Waals surface area (Å²) in [6, 6.07) is 0. The molecule has 14 heavy (non-hydrogen) atoms. The molecule has 0 heterocycles. The van der Waals surface area contributed by atoms with Crippen molar-refractivity contribution in [2.24, 2.45) is 17.8 Å². The second kappa shape index (κ2) is 4.94. The Hall–Kier alpha value is -1.12. The SMILES string of the molecule is CC[C@@H]1C=C[C@H](CC(=O)O)[C@@H](C=O)C1. The molecular formula is C11H16O3. The van der Waals surface area contributed by atoms with E-state index in [2.05, 4.69) is 6.92 Å². The average molecular weight is 196 g/mol. The topological polar surface area (TPSA) is 54.4 Å². The fourth-order valence-corrected chi connectivity index (χ4v) is 1.93. The molecule has 1 N–H and O–H groups in total. The minimum Gasteiger partial charge on any atom is -0.481 e. The Balaban J connectivity index is 2.65. The van der Waals surface area contributed by atoms with Crippen LogP contribution in [0.15, 0.2) is 12.2 Å². The van der Waals surface area contributed by atoms with Crippen molar-refractivity contribution in [1.29, 1.82) is 0 Å². The highest BCUT2D eigenvalue weighted by Crippen LogP contribution is 2.30. The largest absolute Gasteiger partial charge is 0.481 e. The third kappa shape index (κ3) is 2.69. The van der Waals surface area contributed by atoms with Gasteiger partial charge in [0.05, 0.1) is 6.42 Å². The lowest BCUT2D eigenvalue weighted by Gasteiger charge is -2.26. The molecule has 0 fully saturated rings. The molecule has 1 rings (SSSR count). The van der Waals surface area contributed by atoms with E-state index >= 15 is 0 Å². The predicted octanol–water partition coefficient (Wildman–Crippen LogP) is 1.88. The molecule has 0 saturated heterocycles. The highest BCUT2D eigenvalue weighted by Gasteiger charge is 2.26. The zero-order chi connectivity index (χ0) is 10.6. The van der Waals surface area contributed by atoms with Crippen LogP contribution in [0.2, 0.25) is 0 Å². The lowest BCUT2D eigenvalue weighted by molar-refractivity contribution is -0.138. The Morgan fingerprint density at radius 3 is 2.79 bits per heavy atom. The Morgan fingerprint density at radius 2 is 2.29 bits per heavy atom. The molecule has 78 valence electrons. The van der Waals surface area contributed by atoms with Crippen LogP contribution in [0.5, 0.6) is 0 Å². The number of carbonyl (C=O) groups excluding carboxylic acids is 1. The first kappa shape index (κ1) is 11.0. The van der Waals surface area contributed by atoms with E-state index in [1.165, 1.54) is 0 Å². The Morgan fingerprint density at radius 1 is 1.57 bits per heavy atom. The van der Waals surface area contributed by atoms with E-state index in [-0.39, 0.29) is 18.3 Å². The quantitative estimate of drug-likeness (QED) is 0.551. The molecule has 0 aromatic heterocycles. The minimum atomic E-state index is -0.832. The van der Waals surface area contributed by atoms with Gasteiger partial charge in [-0.15, -0.1) is 0 Å². The number of rotatable bonds is 4. The Bertz CT molecular complexity index is 245. The Labute approximate surface area is 83.8 Å².